The number of nitrogens with zero attached hydrogens (tertiary/aromatic N) is 2. The van der Waals surface area contributed by atoms with Gasteiger partial charge in [0.25, 0.3) is 0 Å². The zero-order valence-corrected chi connectivity index (χ0v) is 10.1. The molecule has 2 nitrogen and oxygen atoms in total. The molecule has 0 spiro atoms. The van der Waals surface area contributed by atoms with Gasteiger partial charge < -0.3 is 0 Å². The van der Waals surface area contributed by atoms with Gasteiger partial charge in [-0.15, -0.1) is 0 Å². The van der Waals surface area contributed by atoms with Gasteiger partial charge in [-0.2, -0.15) is 5.26 Å². The molecule has 1 aromatic carbocycles. The number of hydrogen-bond donors (Lipinski definition) is 0. The molecule has 0 fully saturated rings. The topological polar surface area (TPSA) is 36.7 Å². The van der Waals surface area contributed by atoms with Crippen LogP contribution in [-0.4, -0.2) is 4.98 Å². The summed E-state index contributed by atoms with van der Waals surface area (Å²) in [5, 5.41) is 8.85. The highest BCUT2D eigenvalue weighted by Crippen LogP contribution is 2.26. The van der Waals surface area contributed by atoms with Crippen LogP contribution >= 0.6 is 11.6 Å². The Morgan fingerprint density at radius 2 is 1.94 bits per heavy atom. The van der Waals surface area contributed by atoms with Crippen molar-refractivity contribution in [2.75, 3.05) is 0 Å². The Kier molecular flexibility index (Phi) is 3.26. The van der Waals surface area contributed by atoms with E-state index in [1.165, 1.54) is 6.07 Å². The summed E-state index contributed by atoms with van der Waals surface area (Å²) in [5.74, 6) is -1.87. The van der Waals surface area contributed by atoms with E-state index in [2.05, 4.69) is 4.98 Å². The van der Waals surface area contributed by atoms with Crippen LogP contribution in [0.4, 0.5) is 8.78 Å². The van der Waals surface area contributed by atoms with E-state index in [9.17, 15) is 8.78 Å². The van der Waals surface area contributed by atoms with E-state index in [1.54, 1.807) is 13.0 Å². The van der Waals surface area contributed by atoms with Gasteiger partial charge in [0.1, 0.15) is 11.2 Å². The number of halogens is 3. The minimum Gasteiger partial charge on any atom is -0.234 e. The van der Waals surface area contributed by atoms with E-state index < -0.39 is 11.6 Å². The summed E-state index contributed by atoms with van der Waals surface area (Å²) in [4.78, 5) is 4.04. The molecule has 0 aliphatic rings. The molecule has 0 unspecified atom stereocenters. The van der Waals surface area contributed by atoms with Gasteiger partial charge in [-0.1, -0.05) is 11.6 Å². The van der Waals surface area contributed by atoms with Crippen molar-refractivity contribution in [3.63, 3.8) is 0 Å². The number of pyridine rings is 1. The van der Waals surface area contributed by atoms with Gasteiger partial charge in [0, 0.05) is 5.56 Å². The van der Waals surface area contributed by atoms with E-state index in [4.69, 9.17) is 16.9 Å². The summed E-state index contributed by atoms with van der Waals surface area (Å²) in [6, 6.07) is 6.96. The predicted octanol–water partition coefficient (Wildman–Crippen LogP) is 3.86. The summed E-state index contributed by atoms with van der Waals surface area (Å²) in [6.45, 7) is 1.72. The van der Waals surface area contributed by atoms with E-state index in [1.807, 2.05) is 6.07 Å². The van der Waals surface area contributed by atoms with Gasteiger partial charge in [0.05, 0.1) is 11.3 Å². The molecule has 90 valence electrons. The first-order valence-corrected chi connectivity index (χ1v) is 5.43. The molecule has 1 aromatic heterocycles. The second-order valence-electron chi connectivity index (χ2n) is 3.73. The molecule has 0 atom stereocenters. The number of nitriles is 1. The molecule has 0 saturated carbocycles. The van der Waals surface area contributed by atoms with Crippen molar-refractivity contribution in [1.82, 2.24) is 4.98 Å². The van der Waals surface area contributed by atoms with Crippen molar-refractivity contribution in [2.24, 2.45) is 0 Å². The maximum absolute atomic E-state index is 13.2. The van der Waals surface area contributed by atoms with Gasteiger partial charge in [-0.05, 0) is 36.8 Å². The third-order valence-electron chi connectivity index (χ3n) is 2.48. The second kappa shape index (κ2) is 4.71. The highest BCUT2D eigenvalue weighted by Gasteiger charge is 2.11. The van der Waals surface area contributed by atoms with E-state index >= 15 is 0 Å². The molecule has 0 bridgehead atoms. The summed E-state index contributed by atoms with van der Waals surface area (Å²) in [6.07, 6.45) is 0. The van der Waals surface area contributed by atoms with Crippen molar-refractivity contribution in [2.45, 2.75) is 6.92 Å². The normalized spacial score (nSPS) is 10.2. The molecule has 1 heterocycles. The van der Waals surface area contributed by atoms with Crippen LogP contribution < -0.4 is 0 Å². The molecule has 0 N–H and O–H groups in total. The Morgan fingerprint density at radius 1 is 1.22 bits per heavy atom. The number of rotatable bonds is 1. The summed E-state index contributed by atoms with van der Waals surface area (Å²) < 4.78 is 26.0. The van der Waals surface area contributed by atoms with Gasteiger partial charge in [-0.25, -0.2) is 13.8 Å². The smallest absolute Gasteiger partial charge is 0.159 e. The average molecular weight is 265 g/mol. The molecule has 5 heteroatoms. The maximum Gasteiger partial charge on any atom is 0.159 e. The monoisotopic (exact) mass is 264 g/mol. The lowest BCUT2D eigenvalue weighted by atomic mass is 10.1. The molecule has 0 saturated heterocycles. The quantitative estimate of drug-likeness (QED) is 0.734. The fourth-order valence-electron chi connectivity index (χ4n) is 1.61. The molecular weight excluding hydrogens is 258 g/mol. The van der Waals surface area contributed by atoms with Crippen molar-refractivity contribution >= 4 is 11.6 Å². The van der Waals surface area contributed by atoms with Gasteiger partial charge in [0.15, 0.2) is 11.6 Å². The van der Waals surface area contributed by atoms with Crippen LogP contribution in [0.2, 0.25) is 5.15 Å². The number of benzene rings is 1. The average Bonchev–Trinajstić information content (AvgIpc) is 2.35. The fraction of sp³-hybridized carbons (Fsp3) is 0.0769. The largest absolute Gasteiger partial charge is 0.234 e. The molecule has 0 radical (unpaired) electrons. The van der Waals surface area contributed by atoms with Gasteiger partial charge >= 0.3 is 0 Å². The highest BCUT2D eigenvalue weighted by molar-refractivity contribution is 6.30. The minimum absolute atomic E-state index is 0.0443. The Hall–Kier alpha value is -1.99. The van der Waals surface area contributed by atoms with Crippen LogP contribution in [0.25, 0.3) is 11.3 Å². The highest BCUT2D eigenvalue weighted by atomic mass is 35.5. The van der Waals surface area contributed by atoms with Crippen LogP contribution in [0.5, 0.6) is 0 Å². The summed E-state index contributed by atoms with van der Waals surface area (Å²) in [5.41, 5.74) is 1.76. The lowest BCUT2D eigenvalue weighted by molar-refractivity contribution is 0.509. The second-order valence-corrected chi connectivity index (χ2v) is 4.09. The standard InChI is InChI=1S/C13H7ClF2N2/c1-7-4-9(6-17)13(14)18-12(7)8-2-3-10(15)11(16)5-8/h2-5H,1H3. The molecule has 2 aromatic rings. The predicted molar refractivity (Wildman–Crippen MR) is 64.1 cm³/mol. The van der Waals surface area contributed by atoms with Crippen molar-refractivity contribution < 1.29 is 8.78 Å². The third kappa shape index (κ3) is 2.18. The van der Waals surface area contributed by atoms with Crippen LogP contribution in [0.1, 0.15) is 11.1 Å². The van der Waals surface area contributed by atoms with Crippen LogP contribution in [0.15, 0.2) is 24.3 Å². The van der Waals surface area contributed by atoms with Crippen LogP contribution in [-0.2, 0) is 0 Å². The Morgan fingerprint density at radius 3 is 2.56 bits per heavy atom. The molecule has 0 aliphatic heterocycles. The van der Waals surface area contributed by atoms with E-state index in [0.29, 0.717) is 16.8 Å². The SMILES string of the molecule is Cc1cc(C#N)c(Cl)nc1-c1ccc(F)c(F)c1. The Bertz CT molecular complexity index is 663. The van der Waals surface area contributed by atoms with Crippen molar-refractivity contribution in [3.05, 3.63) is 52.2 Å². The first kappa shape index (κ1) is 12.5. The lowest BCUT2D eigenvalue weighted by Gasteiger charge is -2.07. The Labute approximate surface area is 107 Å². The minimum atomic E-state index is -0.950. The van der Waals surface area contributed by atoms with E-state index in [0.717, 1.165) is 12.1 Å². The van der Waals surface area contributed by atoms with Gasteiger partial charge in [0.2, 0.25) is 0 Å². The number of aromatic nitrogens is 1. The van der Waals surface area contributed by atoms with Crippen molar-refractivity contribution in [1.29, 1.82) is 5.26 Å². The fourth-order valence-corrected chi connectivity index (χ4v) is 1.79. The van der Waals surface area contributed by atoms with Crippen LogP contribution in [0, 0.1) is 29.9 Å². The molecule has 18 heavy (non-hydrogen) atoms. The molecular formula is C13H7ClF2N2. The zero-order chi connectivity index (χ0) is 13.3. The number of aryl methyl sites for hydroxylation is 1. The maximum atomic E-state index is 13.2. The first-order valence-electron chi connectivity index (χ1n) is 5.05. The van der Waals surface area contributed by atoms with E-state index in [-0.39, 0.29) is 10.7 Å². The summed E-state index contributed by atoms with van der Waals surface area (Å²) in [7, 11) is 0. The molecule has 0 aliphatic carbocycles. The summed E-state index contributed by atoms with van der Waals surface area (Å²) >= 11 is 5.82. The molecule has 0 amide bonds. The van der Waals surface area contributed by atoms with Gasteiger partial charge in [-0.3, -0.25) is 0 Å². The third-order valence-corrected chi connectivity index (χ3v) is 2.77. The number of hydrogen-bond acceptors (Lipinski definition) is 2. The van der Waals surface area contributed by atoms with Crippen LogP contribution in [0.3, 0.4) is 0 Å². The zero-order valence-electron chi connectivity index (χ0n) is 9.34. The Balaban J connectivity index is 2.61. The molecule has 2 rings (SSSR count). The van der Waals surface area contributed by atoms with Crippen molar-refractivity contribution in [3.8, 4) is 17.3 Å². The first-order chi connectivity index (χ1) is 8.52. The lowest BCUT2D eigenvalue weighted by Crippen LogP contribution is -1.94.